The molecule has 1 aromatic carbocycles. The van der Waals surface area contributed by atoms with Crippen LogP contribution >= 0.6 is 11.6 Å². The number of nitrogens with zero attached hydrogens (tertiary/aromatic N) is 2. The van der Waals surface area contributed by atoms with E-state index in [1.807, 2.05) is 43.4 Å². The minimum atomic E-state index is -0.480. The Morgan fingerprint density at radius 2 is 1.95 bits per heavy atom. The third-order valence-electron chi connectivity index (χ3n) is 2.91. The van der Waals surface area contributed by atoms with Crippen molar-refractivity contribution in [2.24, 2.45) is 0 Å². The standard InChI is InChI=1S/C15H17ClN2O/c1-18(10-12-7-8-15(16)17-9-12)11-14(19)13-5-3-2-4-6-13/h2-9,14,19H,10-11H2,1H3. The third kappa shape index (κ3) is 4.31. The van der Waals surface area contributed by atoms with Gasteiger partial charge in [-0.25, -0.2) is 4.98 Å². The summed E-state index contributed by atoms with van der Waals surface area (Å²) in [6.07, 6.45) is 1.28. The molecule has 1 aromatic heterocycles. The predicted molar refractivity (Wildman–Crippen MR) is 77.0 cm³/mol. The quantitative estimate of drug-likeness (QED) is 0.853. The van der Waals surface area contributed by atoms with Crippen molar-refractivity contribution in [3.8, 4) is 0 Å². The second-order valence-electron chi connectivity index (χ2n) is 4.61. The molecule has 0 aliphatic carbocycles. The van der Waals surface area contributed by atoms with Crippen molar-refractivity contribution in [3.63, 3.8) is 0 Å². The number of pyridine rings is 1. The second-order valence-corrected chi connectivity index (χ2v) is 5.00. The lowest BCUT2D eigenvalue weighted by Crippen LogP contribution is -2.24. The van der Waals surface area contributed by atoms with Gasteiger partial charge in [-0.05, 0) is 24.2 Å². The van der Waals surface area contributed by atoms with Crippen molar-refractivity contribution in [2.45, 2.75) is 12.6 Å². The lowest BCUT2D eigenvalue weighted by molar-refractivity contribution is 0.124. The predicted octanol–water partition coefficient (Wildman–Crippen LogP) is 2.90. The van der Waals surface area contributed by atoms with E-state index < -0.39 is 6.10 Å². The maximum atomic E-state index is 10.1. The molecule has 0 bridgehead atoms. The van der Waals surface area contributed by atoms with Crippen molar-refractivity contribution < 1.29 is 5.11 Å². The molecule has 0 fully saturated rings. The zero-order valence-electron chi connectivity index (χ0n) is 10.8. The Bertz CT molecular complexity index is 501. The molecule has 100 valence electrons. The van der Waals surface area contributed by atoms with Gasteiger partial charge < -0.3 is 5.11 Å². The van der Waals surface area contributed by atoms with Gasteiger partial charge in [-0.15, -0.1) is 0 Å². The van der Waals surface area contributed by atoms with Crippen LogP contribution in [0.2, 0.25) is 5.15 Å². The van der Waals surface area contributed by atoms with Crippen LogP contribution in [0, 0.1) is 0 Å². The number of likely N-dealkylation sites (N-methyl/N-ethyl adjacent to an activating group) is 1. The fourth-order valence-electron chi connectivity index (χ4n) is 1.95. The summed E-state index contributed by atoms with van der Waals surface area (Å²) in [7, 11) is 1.97. The molecule has 4 heteroatoms. The maximum absolute atomic E-state index is 10.1. The van der Waals surface area contributed by atoms with E-state index in [4.69, 9.17) is 11.6 Å². The molecule has 0 aliphatic heterocycles. The van der Waals surface area contributed by atoms with E-state index in [1.165, 1.54) is 0 Å². The van der Waals surface area contributed by atoms with Crippen molar-refractivity contribution in [3.05, 3.63) is 64.9 Å². The van der Waals surface area contributed by atoms with Crippen LogP contribution in [-0.2, 0) is 6.54 Å². The SMILES string of the molecule is CN(Cc1ccc(Cl)nc1)CC(O)c1ccccc1. The Morgan fingerprint density at radius 3 is 2.58 bits per heavy atom. The lowest BCUT2D eigenvalue weighted by atomic mass is 10.1. The molecular formula is C15H17ClN2O. The van der Waals surface area contributed by atoms with E-state index >= 15 is 0 Å². The molecule has 0 saturated carbocycles. The fraction of sp³-hybridized carbons (Fsp3) is 0.267. The molecule has 2 aromatic rings. The largest absolute Gasteiger partial charge is 0.387 e. The fourth-order valence-corrected chi connectivity index (χ4v) is 2.06. The molecule has 1 N–H and O–H groups in total. The monoisotopic (exact) mass is 276 g/mol. The number of aliphatic hydroxyl groups excluding tert-OH is 1. The summed E-state index contributed by atoms with van der Waals surface area (Å²) < 4.78 is 0. The van der Waals surface area contributed by atoms with Gasteiger partial charge in [0, 0.05) is 19.3 Å². The Labute approximate surface area is 118 Å². The van der Waals surface area contributed by atoms with Gasteiger partial charge in [-0.1, -0.05) is 48.0 Å². The van der Waals surface area contributed by atoms with Gasteiger partial charge in [0.1, 0.15) is 5.15 Å². The van der Waals surface area contributed by atoms with Gasteiger partial charge in [0.15, 0.2) is 0 Å². The lowest BCUT2D eigenvalue weighted by Gasteiger charge is -2.20. The van der Waals surface area contributed by atoms with Crippen molar-refractivity contribution in [2.75, 3.05) is 13.6 Å². The number of hydrogen-bond acceptors (Lipinski definition) is 3. The summed E-state index contributed by atoms with van der Waals surface area (Å²) in [4.78, 5) is 6.10. The van der Waals surface area contributed by atoms with Crippen LogP contribution in [0.15, 0.2) is 48.7 Å². The smallest absolute Gasteiger partial charge is 0.129 e. The van der Waals surface area contributed by atoms with Crippen molar-refractivity contribution in [1.29, 1.82) is 0 Å². The normalized spacial score (nSPS) is 12.6. The van der Waals surface area contributed by atoms with E-state index in [-0.39, 0.29) is 0 Å². The van der Waals surface area contributed by atoms with E-state index in [0.29, 0.717) is 11.7 Å². The third-order valence-corrected chi connectivity index (χ3v) is 3.13. The van der Waals surface area contributed by atoms with Gasteiger partial charge in [0.2, 0.25) is 0 Å². The van der Waals surface area contributed by atoms with Crippen molar-refractivity contribution in [1.82, 2.24) is 9.88 Å². The summed E-state index contributed by atoms with van der Waals surface area (Å²) in [5, 5.41) is 10.6. The summed E-state index contributed by atoms with van der Waals surface area (Å²) >= 11 is 5.75. The van der Waals surface area contributed by atoms with Crippen LogP contribution in [0.25, 0.3) is 0 Å². The summed E-state index contributed by atoms with van der Waals surface area (Å²) in [5.41, 5.74) is 2.01. The highest BCUT2D eigenvalue weighted by molar-refractivity contribution is 6.29. The number of benzene rings is 1. The van der Waals surface area contributed by atoms with Crippen LogP contribution in [0.3, 0.4) is 0 Å². The minimum Gasteiger partial charge on any atom is -0.387 e. The van der Waals surface area contributed by atoms with Crippen LogP contribution in [-0.4, -0.2) is 28.6 Å². The number of aliphatic hydroxyl groups is 1. The first kappa shape index (κ1) is 14.0. The van der Waals surface area contributed by atoms with Gasteiger partial charge in [0.25, 0.3) is 0 Å². The Morgan fingerprint density at radius 1 is 1.21 bits per heavy atom. The number of aromatic nitrogens is 1. The molecule has 19 heavy (non-hydrogen) atoms. The second kappa shape index (κ2) is 6.66. The number of rotatable bonds is 5. The van der Waals surface area contributed by atoms with Crippen molar-refractivity contribution >= 4 is 11.6 Å². The maximum Gasteiger partial charge on any atom is 0.129 e. The van der Waals surface area contributed by atoms with E-state index in [1.54, 1.807) is 12.3 Å². The summed E-state index contributed by atoms with van der Waals surface area (Å²) in [6.45, 7) is 1.31. The molecule has 0 amide bonds. The van der Waals surface area contributed by atoms with Crippen LogP contribution in [0.4, 0.5) is 0 Å². The molecule has 2 rings (SSSR count). The van der Waals surface area contributed by atoms with E-state index in [2.05, 4.69) is 9.88 Å². The number of halogens is 1. The molecule has 1 unspecified atom stereocenters. The summed E-state index contributed by atoms with van der Waals surface area (Å²) in [5.74, 6) is 0. The highest BCUT2D eigenvalue weighted by atomic mass is 35.5. The molecule has 1 atom stereocenters. The zero-order valence-corrected chi connectivity index (χ0v) is 11.6. The molecular weight excluding hydrogens is 260 g/mol. The van der Waals surface area contributed by atoms with Gasteiger partial charge in [0.05, 0.1) is 6.10 Å². The van der Waals surface area contributed by atoms with E-state index in [9.17, 15) is 5.11 Å². The first-order valence-electron chi connectivity index (χ1n) is 6.17. The molecule has 3 nitrogen and oxygen atoms in total. The first-order valence-corrected chi connectivity index (χ1v) is 6.55. The minimum absolute atomic E-state index is 0.480. The van der Waals surface area contributed by atoms with Crippen LogP contribution < -0.4 is 0 Å². The van der Waals surface area contributed by atoms with Crippen LogP contribution in [0.5, 0.6) is 0 Å². The van der Waals surface area contributed by atoms with Crippen LogP contribution in [0.1, 0.15) is 17.2 Å². The Kier molecular flexibility index (Phi) is 4.91. The van der Waals surface area contributed by atoms with Gasteiger partial charge in [-0.2, -0.15) is 0 Å². The topological polar surface area (TPSA) is 36.4 Å². The summed E-state index contributed by atoms with van der Waals surface area (Å²) in [6, 6.07) is 13.4. The Hall–Kier alpha value is -1.42. The molecule has 1 heterocycles. The highest BCUT2D eigenvalue weighted by Gasteiger charge is 2.10. The number of hydrogen-bond donors (Lipinski definition) is 1. The zero-order chi connectivity index (χ0) is 13.7. The van der Waals surface area contributed by atoms with Gasteiger partial charge >= 0.3 is 0 Å². The molecule has 0 aliphatic rings. The first-order chi connectivity index (χ1) is 9.15. The average Bonchev–Trinajstić information content (AvgIpc) is 2.42. The molecule has 0 radical (unpaired) electrons. The highest BCUT2D eigenvalue weighted by Crippen LogP contribution is 2.14. The molecule has 0 spiro atoms. The van der Waals surface area contributed by atoms with Gasteiger partial charge in [-0.3, -0.25) is 4.90 Å². The Balaban J connectivity index is 1.90. The van der Waals surface area contributed by atoms with E-state index in [0.717, 1.165) is 17.7 Å². The molecule has 0 saturated heterocycles. The average molecular weight is 277 g/mol.